The van der Waals surface area contributed by atoms with E-state index in [1.807, 2.05) is 0 Å². The van der Waals surface area contributed by atoms with E-state index < -0.39 is 11.7 Å². The average Bonchev–Trinajstić information content (AvgIpc) is 2.78. The van der Waals surface area contributed by atoms with Gasteiger partial charge in [-0.2, -0.15) is 5.21 Å². The summed E-state index contributed by atoms with van der Waals surface area (Å²) in [6.45, 7) is 0.0686. The number of hydrogen-bond donors (Lipinski definition) is 3. The number of rotatable bonds is 3. The third-order valence-electron chi connectivity index (χ3n) is 2.03. The minimum atomic E-state index is -0.671. The number of nitrogen functional groups attached to an aromatic ring is 1. The van der Waals surface area contributed by atoms with Crippen molar-refractivity contribution in [3.63, 3.8) is 0 Å². The molecule has 4 N–H and O–H groups in total. The van der Waals surface area contributed by atoms with Crippen LogP contribution in [0.2, 0.25) is 0 Å². The smallest absolute Gasteiger partial charge is 0.254 e. The molecule has 7 nitrogen and oxygen atoms in total. The van der Waals surface area contributed by atoms with Gasteiger partial charge in [0.1, 0.15) is 5.82 Å². The van der Waals surface area contributed by atoms with E-state index >= 15 is 0 Å². The summed E-state index contributed by atoms with van der Waals surface area (Å²) in [6, 6.07) is 3.85. The van der Waals surface area contributed by atoms with Gasteiger partial charge in [-0.15, -0.1) is 10.2 Å². The molecular formula is C9H9FN6O. The summed E-state index contributed by atoms with van der Waals surface area (Å²) in [4.78, 5) is 11.6. The van der Waals surface area contributed by atoms with Crippen molar-refractivity contribution < 1.29 is 9.18 Å². The maximum absolute atomic E-state index is 13.4. The predicted octanol–water partition coefficient (Wildman–Crippen LogP) is -0.149. The largest absolute Gasteiger partial charge is 0.399 e. The Morgan fingerprint density at radius 2 is 2.35 bits per heavy atom. The summed E-state index contributed by atoms with van der Waals surface area (Å²) < 4.78 is 13.4. The lowest BCUT2D eigenvalue weighted by Gasteiger charge is -2.04. The van der Waals surface area contributed by atoms with Crippen molar-refractivity contribution in [1.29, 1.82) is 0 Å². The number of nitrogens with one attached hydrogen (secondary N) is 2. The molecule has 0 atom stereocenters. The Labute approximate surface area is 95.2 Å². The summed E-state index contributed by atoms with van der Waals surface area (Å²) in [5, 5.41) is 15.3. The zero-order chi connectivity index (χ0) is 12.3. The van der Waals surface area contributed by atoms with Crippen LogP contribution in [-0.4, -0.2) is 26.5 Å². The number of halogens is 1. The Bertz CT molecular complexity index is 526. The lowest BCUT2D eigenvalue weighted by molar-refractivity contribution is 0.0946. The molecule has 0 radical (unpaired) electrons. The minimum Gasteiger partial charge on any atom is -0.399 e. The number of carbonyl (C=O) groups is 1. The van der Waals surface area contributed by atoms with Crippen LogP contribution < -0.4 is 11.1 Å². The van der Waals surface area contributed by atoms with Crippen LogP contribution >= 0.6 is 0 Å². The fraction of sp³-hybridized carbons (Fsp3) is 0.111. The lowest BCUT2D eigenvalue weighted by Crippen LogP contribution is -2.24. The predicted molar refractivity (Wildman–Crippen MR) is 56.2 cm³/mol. The number of nitrogens with zero attached hydrogens (tertiary/aromatic N) is 3. The summed E-state index contributed by atoms with van der Waals surface area (Å²) in [5.74, 6) is -0.919. The Morgan fingerprint density at radius 3 is 3.00 bits per heavy atom. The number of anilines is 1. The standard InChI is InChI=1S/C9H9FN6O/c10-7-3-5(11)1-2-6(7)9(17)12-4-8-13-15-16-14-8/h1-3H,4,11H2,(H,12,17)(H,13,14,15,16). The highest BCUT2D eigenvalue weighted by Crippen LogP contribution is 2.11. The summed E-state index contributed by atoms with van der Waals surface area (Å²) >= 11 is 0. The van der Waals surface area contributed by atoms with E-state index in [1.165, 1.54) is 12.1 Å². The van der Waals surface area contributed by atoms with Crippen LogP contribution in [-0.2, 0) is 6.54 Å². The van der Waals surface area contributed by atoms with Crippen molar-refractivity contribution >= 4 is 11.6 Å². The molecule has 0 aliphatic carbocycles. The molecule has 88 valence electrons. The van der Waals surface area contributed by atoms with Crippen LogP contribution in [0.3, 0.4) is 0 Å². The number of hydrogen-bond acceptors (Lipinski definition) is 5. The van der Waals surface area contributed by atoms with Gasteiger partial charge < -0.3 is 11.1 Å². The highest BCUT2D eigenvalue weighted by Gasteiger charge is 2.12. The minimum absolute atomic E-state index is 0.0686. The third kappa shape index (κ3) is 2.54. The molecule has 0 aliphatic heterocycles. The molecule has 8 heteroatoms. The van der Waals surface area contributed by atoms with Crippen LogP contribution in [0.4, 0.5) is 10.1 Å². The second-order valence-corrected chi connectivity index (χ2v) is 3.25. The Morgan fingerprint density at radius 1 is 1.53 bits per heavy atom. The quantitative estimate of drug-likeness (QED) is 0.642. The highest BCUT2D eigenvalue weighted by molar-refractivity contribution is 5.94. The molecule has 0 spiro atoms. The van der Waals surface area contributed by atoms with Crippen LogP contribution in [0.5, 0.6) is 0 Å². The van der Waals surface area contributed by atoms with Crippen molar-refractivity contribution in [3.05, 3.63) is 35.4 Å². The van der Waals surface area contributed by atoms with Gasteiger partial charge in [-0.25, -0.2) is 4.39 Å². The molecule has 0 fully saturated rings. The molecule has 17 heavy (non-hydrogen) atoms. The fourth-order valence-corrected chi connectivity index (χ4v) is 1.23. The number of aromatic amines is 1. The molecule has 0 saturated carbocycles. The maximum Gasteiger partial charge on any atom is 0.254 e. The number of nitrogens with two attached hydrogens (primary N) is 1. The van der Waals surface area contributed by atoms with E-state index in [-0.39, 0.29) is 17.8 Å². The lowest BCUT2D eigenvalue weighted by atomic mass is 10.2. The van der Waals surface area contributed by atoms with Gasteiger partial charge in [-0.05, 0) is 18.2 Å². The van der Waals surface area contributed by atoms with Gasteiger partial charge >= 0.3 is 0 Å². The second kappa shape index (κ2) is 4.56. The highest BCUT2D eigenvalue weighted by atomic mass is 19.1. The van der Waals surface area contributed by atoms with Crippen molar-refractivity contribution in [2.24, 2.45) is 0 Å². The normalized spacial score (nSPS) is 10.2. The van der Waals surface area contributed by atoms with Crippen molar-refractivity contribution in [3.8, 4) is 0 Å². The van der Waals surface area contributed by atoms with E-state index in [0.29, 0.717) is 5.82 Å². The summed E-state index contributed by atoms with van der Waals surface area (Å²) in [6.07, 6.45) is 0. The molecule has 2 aromatic rings. The monoisotopic (exact) mass is 236 g/mol. The molecule has 0 saturated heterocycles. The van der Waals surface area contributed by atoms with E-state index in [4.69, 9.17) is 5.73 Å². The maximum atomic E-state index is 13.4. The van der Waals surface area contributed by atoms with Crippen molar-refractivity contribution in [1.82, 2.24) is 25.9 Å². The van der Waals surface area contributed by atoms with Crippen molar-refractivity contribution in [2.75, 3.05) is 5.73 Å². The second-order valence-electron chi connectivity index (χ2n) is 3.25. The van der Waals surface area contributed by atoms with Gasteiger partial charge in [-0.3, -0.25) is 4.79 Å². The first kappa shape index (κ1) is 11.0. The first-order valence-corrected chi connectivity index (χ1v) is 4.72. The molecule has 0 aliphatic rings. The van der Waals surface area contributed by atoms with Crippen LogP contribution in [0.25, 0.3) is 0 Å². The number of amides is 1. The van der Waals surface area contributed by atoms with Gasteiger partial charge in [-0.1, -0.05) is 5.21 Å². The SMILES string of the molecule is Nc1ccc(C(=O)NCc2nn[nH]n2)c(F)c1. The fourth-order valence-electron chi connectivity index (χ4n) is 1.23. The van der Waals surface area contributed by atoms with Crippen LogP contribution in [0.15, 0.2) is 18.2 Å². The van der Waals surface area contributed by atoms with Gasteiger partial charge in [0.05, 0.1) is 12.1 Å². The molecule has 1 aromatic heterocycles. The van der Waals surface area contributed by atoms with E-state index in [1.54, 1.807) is 0 Å². The molecule has 1 aromatic carbocycles. The summed E-state index contributed by atoms with van der Waals surface area (Å²) in [7, 11) is 0. The van der Waals surface area contributed by atoms with E-state index in [9.17, 15) is 9.18 Å². The van der Waals surface area contributed by atoms with Crippen LogP contribution in [0.1, 0.15) is 16.2 Å². The van der Waals surface area contributed by atoms with Gasteiger partial charge in [0.2, 0.25) is 0 Å². The number of tetrazole rings is 1. The molecule has 1 amide bonds. The van der Waals surface area contributed by atoms with Crippen LogP contribution in [0, 0.1) is 5.82 Å². The first-order valence-electron chi connectivity index (χ1n) is 4.72. The van der Waals surface area contributed by atoms with Gasteiger partial charge in [0.15, 0.2) is 5.82 Å². The van der Waals surface area contributed by atoms with Gasteiger partial charge in [0, 0.05) is 5.69 Å². The Balaban J connectivity index is 2.04. The molecule has 0 bridgehead atoms. The molecular weight excluding hydrogens is 227 g/mol. The van der Waals surface area contributed by atoms with Gasteiger partial charge in [0.25, 0.3) is 5.91 Å². The zero-order valence-electron chi connectivity index (χ0n) is 8.64. The first-order chi connectivity index (χ1) is 8.16. The molecule has 1 heterocycles. The topological polar surface area (TPSA) is 110 Å². The van der Waals surface area contributed by atoms with E-state index in [0.717, 1.165) is 6.07 Å². The number of carbonyl (C=O) groups excluding carboxylic acids is 1. The molecule has 0 unspecified atom stereocenters. The average molecular weight is 236 g/mol. The number of benzene rings is 1. The zero-order valence-corrected chi connectivity index (χ0v) is 8.64. The van der Waals surface area contributed by atoms with E-state index in [2.05, 4.69) is 25.9 Å². The number of H-pyrrole nitrogens is 1. The summed E-state index contributed by atoms with van der Waals surface area (Å²) in [5.41, 5.74) is 5.56. The molecule has 2 rings (SSSR count). The Hall–Kier alpha value is -2.51. The third-order valence-corrected chi connectivity index (χ3v) is 2.03. The number of aromatic nitrogens is 4. The van der Waals surface area contributed by atoms with Crippen molar-refractivity contribution in [2.45, 2.75) is 6.54 Å². The Kier molecular flexibility index (Phi) is 2.95.